The first-order valence-electron chi connectivity index (χ1n) is 6.36. The van der Waals surface area contributed by atoms with E-state index >= 15 is 0 Å². The van der Waals surface area contributed by atoms with E-state index in [1.54, 1.807) is 0 Å². The predicted molar refractivity (Wildman–Crippen MR) is 65.3 cm³/mol. The van der Waals surface area contributed by atoms with Gasteiger partial charge in [-0.1, -0.05) is 0 Å². The van der Waals surface area contributed by atoms with Crippen LogP contribution in [-0.2, 0) is 9.36 Å². The number of rotatable bonds is 3. The average molecular weight is 277 g/mol. The largest absolute Gasteiger partial charge is 0.480 e. The molecule has 0 amide bonds. The number of fused-ring (bicyclic) bond motifs is 1. The standard InChI is InChI=1S/C11H20NO5P/c13-11(14)10-4-9-3-7(6-18(15,16)17)1-2-8(9)5-12-10/h7-10,12H,1-6H2,(H,13,14)(H2,15,16,17)/t7-,8-,9+,10-/m1/s1. The Morgan fingerprint density at radius 1 is 1.22 bits per heavy atom. The Bertz CT molecular complexity index is 368. The molecule has 4 N–H and O–H groups in total. The van der Waals surface area contributed by atoms with Gasteiger partial charge in [-0.25, -0.2) is 0 Å². The molecule has 1 aliphatic heterocycles. The third-order valence-corrected chi connectivity index (χ3v) is 5.20. The lowest BCUT2D eigenvalue weighted by atomic mass is 9.70. The van der Waals surface area contributed by atoms with E-state index in [2.05, 4.69) is 5.32 Å². The molecule has 0 aromatic carbocycles. The minimum atomic E-state index is -3.95. The molecule has 2 fully saturated rings. The van der Waals surface area contributed by atoms with Gasteiger partial charge in [-0.05, 0) is 50.0 Å². The zero-order valence-corrected chi connectivity index (χ0v) is 11.1. The Morgan fingerprint density at radius 3 is 2.56 bits per heavy atom. The van der Waals surface area contributed by atoms with Gasteiger partial charge in [-0.2, -0.15) is 0 Å². The second-order valence-electron chi connectivity index (χ2n) is 5.58. The van der Waals surface area contributed by atoms with Crippen LogP contribution in [0.5, 0.6) is 0 Å². The van der Waals surface area contributed by atoms with Gasteiger partial charge in [-0.3, -0.25) is 9.36 Å². The van der Waals surface area contributed by atoms with Crippen molar-refractivity contribution in [2.24, 2.45) is 17.8 Å². The van der Waals surface area contributed by atoms with E-state index in [4.69, 9.17) is 14.9 Å². The Kier molecular flexibility index (Phi) is 4.11. The van der Waals surface area contributed by atoms with Gasteiger partial charge in [-0.15, -0.1) is 0 Å². The maximum Gasteiger partial charge on any atom is 0.325 e. The van der Waals surface area contributed by atoms with Crippen molar-refractivity contribution in [1.29, 1.82) is 0 Å². The molecular formula is C11H20NO5P. The fraction of sp³-hybridized carbons (Fsp3) is 0.909. The van der Waals surface area contributed by atoms with Crippen LogP contribution in [0.4, 0.5) is 0 Å². The van der Waals surface area contributed by atoms with Gasteiger partial charge >= 0.3 is 13.6 Å². The fourth-order valence-corrected chi connectivity index (χ4v) is 4.36. The Morgan fingerprint density at radius 2 is 1.94 bits per heavy atom. The topological polar surface area (TPSA) is 107 Å². The number of hydrogen-bond acceptors (Lipinski definition) is 3. The highest BCUT2D eigenvalue weighted by Gasteiger charge is 2.38. The molecule has 7 heteroatoms. The van der Waals surface area contributed by atoms with Crippen LogP contribution in [0.2, 0.25) is 0 Å². The molecular weight excluding hydrogens is 257 g/mol. The van der Waals surface area contributed by atoms with Crippen molar-refractivity contribution in [1.82, 2.24) is 5.32 Å². The van der Waals surface area contributed by atoms with E-state index in [1.807, 2.05) is 0 Å². The van der Waals surface area contributed by atoms with Crippen LogP contribution in [0.15, 0.2) is 0 Å². The maximum absolute atomic E-state index is 11.0. The maximum atomic E-state index is 11.0. The Hall–Kier alpha value is -0.420. The van der Waals surface area contributed by atoms with Gasteiger partial charge in [0, 0.05) is 0 Å². The number of piperidine rings is 1. The second-order valence-corrected chi connectivity index (χ2v) is 7.28. The number of nitrogens with one attached hydrogen (secondary N) is 1. The zero-order chi connectivity index (χ0) is 13.3. The molecule has 1 heterocycles. The van der Waals surface area contributed by atoms with Crippen LogP contribution in [0.25, 0.3) is 0 Å². The first-order chi connectivity index (χ1) is 8.35. The van der Waals surface area contributed by atoms with Crippen LogP contribution in [0.1, 0.15) is 25.7 Å². The van der Waals surface area contributed by atoms with E-state index < -0.39 is 19.6 Å². The SMILES string of the molecule is O=C(O)[C@H]1C[C@@H]2C[C@H](CP(=O)(O)O)CC[C@@H]2CN1. The molecule has 1 saturated carbocycles. The third kappa shape index (κ3) is 3.54. The van der Waals surface area contributed by atoms with Crippen molar-refractivity contribution in [3.05, 3.63) is 0 Å². The number of carbonyl (C=O) groups is 1. The van der Waals surface area contributed by atoms with Crippen molar-refractivity contribution >= 4 is 13.6 Å². The first-order valence-corrected chi connectivity index (χ1v) is 8.15. The van der Waals surface area contributed by atoms with Crippen molar-refractivity contribution < 1.29 is 24.3 Å². The predicted octanol–water partition coefficient (Wildman–Crippen LogP) is 0.643. The number of hydrogen-bond donors (Lipinski definition) is 4. The van der Waals surface area contributed by atoms with Gasteiger partial charge in [0.1, 0.15) is 6.04 Å². The summed E-state index contributed by atoms with van der Waals surface area (Å²) in [5.74, 6) is -0.0311. The molecule has 104 valence electrons. The van der Waals surface area contributed by atoms with Gasteiger partial charge in [0.2, 0.25) is 0 Å². The van der Waals surface area contributed by atoms with Gasteiger partial charge in [0.15, 0.2) is 0 Å². The molecule has 4 atom stereocenters. The van der Waals surface area contributed by atoms with Gasteiger partial charge in [0.05, 0.1) is 6.16 Å². The first kappa shape index (κ1) is 14.0. The molecule has 0 aromatic heterocycles. The van der Waals surface area contributed by atoms with E-state index in [1.165, 1.54) is 0 Å². The molecule has 2 aliphatic rings. The summed E-state index contributed by atoms with van der Waals surface area (Å²) in [6.07, 6.45) is 3.06. The van der Waals surface area contributed by atoms with E-state index in [-0.39, 0.29) is 18.0 Å². The highest BCUT2D eigenvalue weighted by molar-refractivity contribution is 7.51. The summed E-state index contributed by atoms with van der Waals surface area (Å²) in [7, 11) is -3.95. The molecule has 18 heavy (non-hydrogen) atoms. The summed E-state index contributed by atoms with van der Waals surface area (Å²) in [6, 6.07) is -0.500. The quantitative estimate of drug-likeness (QED) is 0.564. The van der Waals surface area contributed by atoms with Crippen LogP contribution in [-0.4, -0.2) is 39.6 Å². The fourth-order valence-electron chi connectivity index (χ4n) is 3.35. The van der Waals surface area contributed by atoms with Crippen LogP contribution >= 0.6 is 7.60 Å². The minimum Gasteiger partial charge on any atom is -0.480 e. The van der Waals surface area contributed by atoms with E-state index in [9.17, 15) is 9.36 Å². The highest BCUT2D eigenvalue weighted by Crippen LogP contribution is 2.45. The summed E-state index contributed by atoms with van der Waals surface area (Å²) in [5, 5.41) is 12.0. The summed E-state index contributed by atoms with van der Waals surface area (Å²) < 4.78 is 11.0. The lowest BCUT2D eigenvalue weighted by molar-refractivity contribution is -0.141. The molecule has 2 rings (SSSR count). The number of carboxylic acid groups (broad SMARTS) is 1. The summed E-state index contributed by atoms with van der Waals surface area (Å²) in [6.45, 7) is 0.713. The summed E-state index contributed by atoms with van der Waals surface area (Å²) >= 11 is 0. The molecule has 1 aliphatic carbocycles. The van der Waals surface area contributed by atoms with Crippen molar-refractivity contribution in [3.8, 4) is 0 Å². The molecule has 0 aromatic rings. The monoisotopic (exact) mass is 277 g/mol. The van der Waals surface area contributed by atoms with Crippen LogP contribution in [0.3, 0.4) is 0 Å². The lowest BCUT2D eigenvalue weighted by Gasteiger charge is -2.41. The number of aliphatic carboxylic acids is 1. The number of carboxylic acids is 1. The smallest absolute Gasteiger partial charge is 0.325 e. The Labute approximate surface area is 106 Å². The lowest BCUT2D eigenvalue weighted by Crippen LogP contribution is -2.49. The average Bonchev–Trinajstić information content (AvgIpc) is 2.25. The van der Waals surface area contributed by atoms with Crippen molar-refractivity contribution in [2.75, 3.05) is 12.7 Å². The normalized spacial score (nSPS) is 37.0. The molecule has 6 nitrogen and oxygen atoms in total. The van der Waals surface area contributed by atoms with E-state index in [0.29, 0.717) is 18.9 Å². The Balaban J connectivity index is 1.93. The molecule has 0 bridgehead atoms. The zero-order valence-electron chi connectivity index (χ0n) is 10.2. The van der Waals surface area contributed by atoms with Crippen LogP contribution in [0, 0.1) is 17.8 Å². The molecule has 0 spiro atoms. The minimum absolute atomic E-state index is 0.0413. The summed E-state index contributed by atoms with van der Waals surface area (Å²) in [4.78, 5) is 29.0. The third-order valence-electron chi connectivity index (χ3n) is 4.21. The van der Waals surface area contributed by atoms with Crippen molar-refractivity contribution in [3.63, 3.8) is 0 Å². The van der Waals surface area contributed by atoms with Gasteiger partial charge in [0.25, 0.3) is 0 Å². The van der Waals surface area contributed by atoms with Crippen LogP contribution < -0.4 is 5.32 Å². The molecule has 1 saturated heterocycles. The highest BCUT2D eigenvalue weighted by atomic mass is 31.2. The molecule has 0 unspecified atom stereocenters. The van der Waals surface area contributed by atoms with Gasteiger partial charge < -0.3 is 20.2 Å². The summed E-state index contributed by atoms with van der Waals surface area (Å²) in [5.41, 5.74) is 0. The second kappa shape index (κ2) is 5.29. The van der Waals surface area contributed by atoms with Crippen molar-refractivity contribution in [2.45, 2.75) is 31.7 Å². The molecule has 0 radical (unpaired) electrons. The van der Waals surface area contributed by atoms with E-state index in [0.717, 1.165) is 19.3 Å².